The Kier molecular flexibility index (Phi) is 5.08. The number of pyridine rings is 2. The molecule has 4 aromatic rings. The molecule has 7 nitrogen and oxygen atoms in total. The van der Waals surface area contributed by atoms with E-state index in [2.05, 4.69) is 9.97 Å². The fourth-order valence-electron chi connectivity index (χ4n) is 4.32. The number of hydrogen-bond acceptors (Lipinski definition) is 4. The molecule has 4 heterocycles. The Morgan fingerprint density at radius 2 is 1.81 bits per heavy atom. The van der Waals surface area contributed by atoms with E-state index in [0.29, 0.717) is 31.7 Å². The maximum Gasteiger partial charge on any atom is 0.330 e. The lowest BCUT2D eigenvalue weighted by molar-refractivity contribution is -0.129. The van der Waals surface area contributed by atoms with Gasteiger partial charge in [-0.15, -0.1) is 0 Å². The topological polar surface area (TPSA) is 73.0 Å². The number of imidazole rings is 1. The molecule has 0 spiro atoms. The van der Waals surface area contributed by atoms with Gasteiger partial charge in [0, 0.05) is 31.7 Å². The van der Waals surface area contributed by atoms with E-state index < -0.39 is 0 Å². The summed E-state index contributed by atoms with van der Waals surface area (Å²) >= 11 is 0. The van der Waals surface area contributed by atoms with Crippen molar-refractivity contribution >= 4 is 17.1 Å². The summed E-state index contributed by atoms with van der Waals surface area (Å²) in [5.41, 5.74) is 3.37. The van der Waals surface area contributed by atoms with Gasteiger partial charge >= 0.3 is 5.69 Å². The lowest BCUT2D eigenvalue weighted by Crippen LogP contribution is -2.33. The van der Waals surface area contributed by atoms with Crippen LogP contribution in [0.4, 0.5) is 0 Å². The Balaban J connectivity index is 1.42. The highest BCUT2D eigenvalue weighted by Crippen LogP contribution is 2.25. The van der Waals surface area contributed by atoms with Crippen molar-refractivity contribution in [3.8, 4) is 0 Å². The number of carbonyl (C=O) groups is 1. The number of fused-ring (bicyclic) bond motifs is 1. The van der Waals surface area contributed by atoms with Crippen molar-refractivity contribution < 1.29 is 4.79 Å². The number of aromatic nitrogens is 4. The molecule has 1 atom stereocenters. The molecule has 5 rings (SSSR count). The molecule has 0 unspecified atom stereocenters. The number of likely N-dealkylation sites (tertiary alicyclic amines) is 1. The molecule has 1 aliphatic heterocycles. The quantitative estimate of drug-likeness (QED) is 0.504. The van der Waals surface area contributed by atoms with Crippen LogP contribution in [0.5, 0.6) is 0 Å². The van der Waals surface area contributed by atoms with E-state index in [-0.39, 0.29) is 17.6 Å². The van der Waals surface area contributed by atoms with E-state index in [1.807, 2.05) is 59.5 Å². The summed E-state index contributed by atoms with van der Waals surface area (Å²) in [5.74, 6) is 0.0598. The standard InChI is InChI=1S/C24H23N5O2/c30-22(14-19-8-4-11-25-15-19)27-13-10-20(17-27)29-23-21(9-5-12-26-23)28(24(29)31)16-18-6-2-1-3-7-18/h1-9,11-12,15,20H,10,13-14,16-17H2/t20-/m1/s1. The first-order chi connectivity index (χ1) is 15.2. The SMILES string of the molecule is O=C(Cc1cccnc1)N1CC[C@@H](n2c(=O)n(Cc3ccccc3)c3cccnc32)C1. The average molecular weight is 413 g/mol. The van der Waals surface area contributed by atoms with Crippen LogP contribution >= 0.6 is 0 Å². The number of benzene rings is 1. The second-order valence-electron chi connectivity index (χ2n) is 7.89. The van der Waals surface area contributed by atoms with Crippen molar-refractivity contribution in [1.29, 1.82) is 0 Å². The van der Waals surface area contributed by atoms with Crippen molar-refractivity contribution in [2.45, 2.75) is 25.4 Å². The Morgan fingerprint density at radius 1 is 1.00 bits per heavy atom. The number of carbonyl (C=O) groups excluding carboxylic acids is 1. The molecule has 1 saturated heterocycles. The van der Waals surface area contributed by atoms with Gasteiger partial charge in [0.2, 0.25) is 5.91 Å². The van der Waals surface area contributed by atoms with Crippen molar-refractivity contribution in [3.05, 3.63) is 94.8 Å². The average Bonchev–Trinajstić information content (AvgIpc) is 3.39. The van der Waals surface area contributed by atoms with Crippen molar-refractivity contribution in [3.63, 3.8) is 0 Å². The third kappa shape index (κ3) is 3.74. The van der Waals surface area contributed by atoms with E-state index in [4.69, 9.17) is 0 Å². The van der Waals surface area contributed by atoms with E-state index >= 15 is 0 Å². The van der Waals surface area contributed by atoms with Gasteiger partial charge < -0.3 is 4.90 Å². The second-order valence-corrected chi connectivity index (χ2v) is 7.89. The maximum atomic E-state index is 13.4. The molecule has 1 fully saturated rings. The third-order valence-electron chi connectivity index (χ3n) is 5.86. The molecule has 0 aliphatic carbocycles. The summed E-state index contributed by atoms with van der Waals surface area (Å²) in [6.45, 7) is 1.64. The molecule has 31 heavy (non-hydrogen) atoms. The fraction of sp³-hybridized carbons (Fsp3) is 0.250. The summed E-state index contributed by atoms with van der Waals surface area (Å²) in [6, 6.07) is 17.4. The Labute approximate surface area is 179 Å². The van der Waals surface area contributed by atoms with Crippen LogP contribution in [0.3, 0.4) is 0 Å². The molecule has 0 saturated carbocycles. The minimum absolute atomic E-state index is 0.0598. The first-order valence-electron chi connectivity index (χ1n) is 10.5. The van der Waals surface area contributed by atoms with E-state index in [1.165, 1.54) is 0 Å². The van der Waals surface area contributed by atoms with Crippen LogP contribution in [0.2, 0.25) is 0 Å². The highest BCUT2D eigenvalue weighted by atomic mass is 16.2. The molecule has 1 aliphatic rings. The molecule has 3 aromatic heterocycles. The molecule has 156 valence electrons. The zero-order valence-corrected chi connectivity index (χ0v) is 17.1. The van der Waals surface area contributed by atoms with Crippen molar-refractivity contribution in [2.24, 2.45) is 0 Å². The lowest BCUT2D eigenvalue weighted by Gasteiger charge is -2.17. The summed E-state index contributed by atoms with van der Waals surface area (Å²) in [7, 11) is 0. The van der Waals surface area contributed by atoms with Gasteiger partial charge in [-0.3, -0.25) is 18.9 Å². The van der Waals surface area contributed by atoms with Gasteiger partial charge in [-0.1, -0.05) is 36.4 Å². The van der Waals surface area contributed by atoms with E-state index in [1.54, 1.807) is 27.7 Å². The second kappa shape index (κ2) is 8.18. The molecular weight excluding hydrogens is 390 g/mol. The van der Waals surface area contributed by atoms with Crippen LogP contribution in [0.1, 0.15) is 23.6 Å². The van der Waals surface area contributed by atoms with Gasteiger partial charge in [-0.25, -0.2) is 9.78 Å². The normalized spacial score (nSPS) is 16.1. The number of rotatable bonds is 5. The summed E-state index contributed by atoms with van der Waals surface area (Å²) in [5, 5.41) is 0. The van der Waals surface area contributed by atoms with Crippen LogP contribution in [-0.2, 0) is 17.8 Å². The first kappa shape index (κ1) is 19.2. The molecular formula is C24H23N5O2. The minimum Gasteiger partial charge on any atom is -0.340 e. The fourth-order valence-corrected chi connectivity index (χ4v) is 4.32. The van der Waals surface area contributed by atoms with Crippen molar-refractivity contribution in [1.82, 2.24) is 24.0 Å². The number of hydrogen-bond donors (Lipinski definition) is 0. The molecule has 0 radical (unpaired) electrons. The predicted molar refractivity (Wildman–Crippen MR) is 118 cm³/mol. The van der Waals surface area contributed by atoms with Crippen LogP contribution in [0.25, 0.3) is 11.2 Å². The third-order valence-corrected chi connectivity index (χ3v) is 5.86. The van der Waals surface area contributed by atoms with Gasteiger partial charge in [0.05, 0.1) is 24.5 Å². The van der Waals surface area contributed by atoms with Gasteiger partial charge in [0.15, 0.2) is 5.65 Å². The van der Waals surface area contributed by atoms with Crippen LogP contribution in [0.15, 0.2) is 78.0 Å². The van der Waals surface area contributed by atoms with Crippen LogP contribution < -0.4 is 5.69 Å². The largest absolute Gasteiger partial charge is 0.340 e. The maximum absolute atomic E-state index is 13.4. The predicted octanol–water partition coefficient (Wildman–Crippen LogP) is 2.66. The van der Waals surface area contributed by atoms with Crippen LogP contribution in [-0.4, -0.2) is 43.0 Å². The van der Waals surface area contributed by atoms with E-state index in [0.717, 1.165) is 23.1 Å². The van der Waals surface area contributed by atoms with Gasteiger partial charge in [0.25, 0.3) is 0 Å². The summed E-state index contributed by atoms with van der Waals surface area (Å²) in [4.78, 5) is 36.6. The van der Waals surface area contributed by atoms with Gasteiger partial charge in [-0.2, -0.15) is 0 Å². The van der Waals surface area contributed by atoms with Gasteiger partial charge in [-0.05, 0) is 35.7 Å². The monoisotopic (exact) mass is 413 g/mol. The Bertz CT molecular complexity index is 1260. The summed E-state index contributed by atoms with van der Waals surface area (Å²) in [6.07, 6.45) is 6.19. The molecule has 0 N–H and O–H groups in total. The van der Waals surface area contributed by atoms with Gasteiger partial charge in [0.1, 0.15) is 0 Å². The molecule has 0 bridgehead atoms. The first-order valence-corrected chi connectivity index (χ1v) is 10.5. The highest BCUT2D eigenvalue weighted by Gasteiger charge is 2.30. The Hall–Kier alpha value is -3.74. The van der Waals surface area contributed by atoms with Crippen LogP contribution in [0, 0.1) is 0 Å². The lowest BCUT2D eigenvalue weighted by atomic mass is 10.2. The smallest absolute Gasteiger partial charge is 0.330 e. The van der Waals surface area contributed by atoms with E-state index in [9.17, 15) is 9.59 Å². The summed E-state index contributed by atoms with van der Waals surface area (Å²) < 4.78 is 3.55. The highest BCUT2D eigenvalue weighted by molar-refractivity contribution is 5.79. The minimum atomic E-state index is -0.0835. The molecule has 1 amide bonds. The number of amides is 1. The molecule has 1 aromatic carbocycles. The Morgan fingerprint density at radius 3 is 2.61 bits per heavy atom. The zero-order valence-electron chi connectivity index (χ0n) is 17.1. The zero-order chi connectivity index (χ0) is 21.2. The van der Waals surface area contributed by atoms with Crippen molar-refractivity contribution in [2.75, 3.05) is 13.1 Å². The number of nitrogens with zero attached hydrogens (tertiary/aromatic N) is 5. The molecule has 7 heteroatoms.